The number of nitrogens with zero attached hydrogens (tertiary/aromatic N) is 5. The molecular weight excluding hydrogens is 685 g/mol. The lowest BCUT2D eigenvalue weighted by molar-refractivity contribution is -0.145. The molecule has 4 aliphatic rings. The van der Waals surface area contributed by atoms with Crippen LogP contribution in [0, 0.1) is 5.92 Å². The number of methoxy groups -OCH3 is 1. The van der Waals surface area contributed by atoms with Crippen molar-refractivity contribution in [3.8, 4) is 27.7 Å². The van der Waals surface area contributed by atoms with Gasteiger partial charge in [0.25, 0.3) is 0 Å². The van der Waals surface area contributed by atoms with Crippen LogP contribution in [0.2, 0.25) is 0 Å². The number of hydrogen-bond donors (Lipinski definition) is 4. The maximum Gasteiger partial charge on any atom is 0.330 e. The summed E-state index contributed by atoms with van der Waals surface area (Å²) in [6.45, 7) is 0.0940. The number of hydrogen-bond acceptors (Lipinski definition) is 9. The number of ether oxygens (including phenoxy) is 1. The number of nitrogens with one attached hydrogen (secondary N) is 3. The lowest BCUT2D eigenvalue weighted by Crippen LogP contribution is -2.57. The number of benzene rings is 1. The van der Waals surface area contributed by atoms with E-state index in [1.807, 2.05) is 41.8 Å². The van der Waals surface area contributed by atoms with Gasteiger partial charge in [-0.3, -0.25) is 9.59 Å². The van der Waals surface area contributed by atoms with Gasteiger partial charge in [-0.1, -0.05) is 44.3 Å². The van der Waals surface area contributed by atoms with Crippen LogP contribution in [0.1, 0.15) is 83.1 Å². The zero-order chi connectivity index (χ0) is 36.2. The van der Waals surface area contributed by atoms with Gasteiger partial charge < -0.3 is 30.7 Å². The number of aromatic nitrogens is 4. The van der Waals surface area contributed by atoms with Crippen molar-refractivity contribution in [1.29, 1.82) is 0 Å². The summed E-state index contributed by atoms with van der Waals surface area (Å²) in [6.07, 6.45) is 14.7. The number of fused-ring (bicyclic) bond motifs is 2. The van der Waals surface area contributed by atoms with E-state index >= 15 is 0 Å². The van der Waals surface area contributed by atoms with Crippen molar-refractivity contribution in [2.24, 2.45) is 5.92 Å². The number of rotatable bonds is 7. The number of amides is 4. The fourth-order valence-electron chi connectivity index (χ4n) is 7.79. The topological polar surface area (TPSA) is 181 Å². The fourth-order valence-corrected chi connectivity index (χ4v) is 8.41. The van der Waals surface area contributed by atoms with Gasteiger partial charge in [0, 0.05) is 42.1 Å². The molecule has 5 atom stereocenters. The standard InChI is InChI=1S/C37H46N8O6S/c1-51-27-16-14-23(15-17-27)30-31(33-38-18-19-52-33)43-45(42-30)26-20-29-32(46)41-37(35(48)49)21-24(37)10-6-3-2-4-9-13-28(34(47)44(29)22-26)40-36(50)39-25-11-7-5-8-12-25/h6,10,14-19,24-26,28-29H,2-5,7-9,11-13,20-22H2,1H3,(H,41,46)(H,48,49)(H2,39,40,50)/b10-6-/t24-,26-,28-,29+,37+/m1/s1. The Morgan fingerprint density at radius 3 is 2.48 bits per heavy atom. The van der Waals surface area contributed by atoms with Gasteiger partial charge in [-0.2, -0.15) is 9.90 Å². The third-order valence-electron chi connectivity index (χ3n) is 10.8. The van der Waals surface area contributed by atoms with E-state index in [-0.39, 0.29) is 43.3 Å². The highest BCUT2D eigenvalue weighted by Gasteiger charge is 2.61. The van der Waals surface area contributed by atoms with Crippen molar-refractivity contribution >= 4 is 35.2 Å². The van der Waals surface area contributed by atoms with E-state index in [1.165, 1.54) is 16.2 Å². The van der Waals surface area contributed by atoms with E-state index in [4.69, 9.17) is 14.9 Å². The van der Waals surface area contributed by atoms with Crippen molar-refractivity contribution in [1.82, 2.24) is 40.8 Å². The molecule has 15 heteroatoms. The molecule has 4 N–H and O–H groups in total. The van der Waals surface area contributed by atoms with Crippen molar-refractivity contribution in [2.75, 3.05) is 13.7 Å². The second-order valence-electron chi connectivity index (χ2n) is 14.3. The molecule has 0 bridgehead atoms. The highest BCUT2D eigenvalue weighted by atomic mass is 32.1. The monoisotopic (exact) mass is 730 g/mol. The molecule has 276 valence electrons. The van der Waals surface area contributed by atoms with Gasteiger partial charge in [0.2, 0.25) is 11.8 Å². The van der Waals surface area contributed by atoms with Crippen LogP contribution >= 0.6 is 11.3 Å². The molecule has 4 heterocycles. The smallest absolute Gasteiger partial charge is 0.330 e. The van der Waals surface area contributed by atoms with Crippen molar-refractivity contribution in [3.05, 3.63) is 48.0 Å². The molecule has 4 amide bonds. The Morgan fingerprint density at radius 2 is 1.75 bits per heavy atom. The molecule has 1 saturated heterocycles. The third kappa shape index (κ3) is 7.55. The van der Waals surface area contributed by atoms with Crippen LogP contribution in [0.25, 0.3) is 22.0 Å². The number of allylic oxidation sites excluding steroid dienone is 1. The molecule has 3 aromatic rings. The number of urea groups is 1. The van der Waals surface area contributed by atoms with Crippen LogP contribution in [-0.4, -0.2) is 91.1 Å². The predicted octanol–water partition coefficient (Wildman–Crippen LogP) is 4.70. The SMILES string of the molecule is COc1ccc(-c2nn([C@@H]3C[C@H]4C(=O)N[C@@]5(C(=O)O)C[C@H]5/C=C\CCCCC[C@@H](NC(=O)NC5CCCCC5)C(=O)N4C3)nc2-c2nccs2)cc1. The molecule has 2 aromatic heterocycles. The van der Waals surface area contributed by atoms with Crippen LogP contribution < -0.4 is 20.7 Å². The van der Waals surface area contributed by atoms with Crippen LogP contribution in [0.4, 0.5) is 4.79 Å². The second kappa shape index (κ2) is 15.4. The number of aliphatic carboxylic acids is 1. The average Bonchev–Trinajstić information content (AvgIpc) is 3.60. The fraction of sp³-hybridized carbons (Fsp3) is 0.541. The lowest BCUT2D eigenvalue weighted by Gasteiger charge is -2.30. The minimum atomic E-state index is -1.43. The molecule has 2 aliphatic heterocycles. The highest BCUT2D eigenvalue weighted by molar-refractivity contribution is 7.13. The van der Waals surface area contributed by atoms with Crippen molar-refractivity contribution < 1.29 is 29.0 Å². The molecule has 0 unspecified atom stereocenters. The molecular formula is C37H46N8O6S. The normalized spacial score (nSPS) is 27.7. The maximum atomic E-state index is 14.6. The summed E-state index contributed by atoms with van der Waals surface area (Å²) in [7, 11) is 1.60. The number of carboxylic acid groups (broad SMARTS) is 1. The molecule has 1 aromatic carbocycles. The van der Waals surface area contributed by atoms with E-state index in [0.29, 0.717) is 35.0 Å². The van der Waals surface area contributed by atoms with Gasteiger partial charge in [-0.25, -0.2) is 14.6 Å². The predicted molar refractivity (Wildman–Crippen MR) is 193 cm³/mol. The molecule has 2 aliphatic carbocycles. The van der Waals surface area contributed by atoms with E-state index in [0.717, 1.165) is 56.9 Å². The summed E-state index contributed by atoms with van der Waals surface area (Å²) < 4.78 is 5.35. The van der Waals surface area contributed by atoms with Gasteiger partial charge in [-0.15, -0.1) is 16.4 Å². The number of carbonyl (C=O) groups excluding carboxylic acids is 3. The minimum Gasteiger partial charge on any atom is -0.497 e. The Labute approximate surface area is 306 Å². The first-order chi connectivity index (χ1) is 25.3. The van der Waals surface area contributed by atoms with E-state index in [1.54, 1.807) is 18.1 Å². The first-order valence-corrected chi connectivity index (χ1v) is 19.2. The Bertz CT molecular complexity index is 1790. The van der Waals surface area contributed by atoms with Gasteiger partial charge in [0.1, 0.15) is 39.8 Å². The van der Waals surface area contributed by atoms with Crippen molar-refractivity contribution in [2.45, 2.75) is 107 Å². The summed E-state index contributed by atoms with van der Waals surface area (Å²) in [6, 6.07) is 4.73. The zero-order valence-corrected chi connectivity index (χ0v) is 30.1. The molecule has 2 saturated carbocycles. The first kappa shape index (κ1) is 35.6. The van der Waals surface area contributed by atoms with Crippen LogP contribution in [0.5, 0.6) is 5.75 Å². The zero-order valence-electron chi connectivity index (χ0n) is 29.3. The van der Waals surface area contributed by atoms with Gasteiger partial charge in [0.15, 0.2) is 0 Å². The largest absolute Gasteiger partial charge is 0.497 e. The maximum absolute atomic E-state index is 14.6. The minimum absolute atomic E-state index is 0.0594. The van der Waals surface area contributed by atoms with Gasteiger partial charge >= 0.3 is 12.0 Å². The lowest BCUT2D eigenvalue weighted by atomic mass is 9.96. The number of carbonyl (C=O) groups is 4. The quantitative estimate of drug-likeness (QED) is 0.251. The number of thiazole rings is 1. The van der Waals surface area contributed by atoms with Gasteiger partial charge in [0.05, 0.1) is 13.2 Å². The third-order valence-corrected chi connectivity index (χ3v) is 11.6. The summed E-state index contributed by atoms with van der Waals surface area (Å²) in [5.74, 6) is -1.66. The molecule has 0 radical (unpaired) electrons. The molecule has 0 spiro atoms. The molecule has 52 heavy (non-hydrogen) atoms. The first-order valence-electron chi connectivity index (χ1n) is 18.4. The summed E-state index contributed by atoms with van der Waals surface area (Å²) in [4.78, 5) is 62.1. The highest BCUT2D eigenvalue weighted by Crippen LogP contribution is 2.46. The Balaban J connectivity index is 1.20. The van der Waals surface area contributed by atoms with E-state index < -0.39 is 35.5 Å². The van der Waals surface area contributed by atoms with E-state index in [2.05, 4.69) is 20.9 Å². The molecule has 7 rings (SSSR count). The van der Waals surface area contributed by atoms with Crippen LogP contribution in [0.15, 0.2) is 48.0 Å². The summed E-state index contributed by atoms with van der Waals surface area (Å²) in [5.41, 5.74) is 0.524. The van der Waals surface area contributed by atoms with Crippen molar-refractivity contribution in [3.63, 3.8) is 0 Å². The Hall–Kier alpha value is -4.79. The number of carboxylic acids is 1. The van der Waals surface area contributed by atoms with E-state index in [9.17, 15) is 24.3 Å². The molecule has 3 fully saturated rings. The molecule has 14 nitrogen and oxygen atoms in total. The average molecular weight is 731 g/mol. The van der Waals surface area contributed by atoms with Crippen LogP contribution in [0.3, 0.4) is 0 Å². The van der Waals surface area contributed by atoms with Crippen LogP contribution in [-0.2, 0) is 14.4 Å². The van der Waals surface area contributed by atoms with Gasteiger partial charge in [-0.05, 0) is 62.8 Å². The Kier molecular flexibility index (Phi) is 10.6. The second-order valence-corrected chi connectivity index (χ2v) is 15.2. The Morgan fingerprint density at radius 1 is 1.00 bits per heavy atom. The summed E-state index contributed by atoms with van der Waals surface area (Å²) in [5, 5.41) is 31.4. The summed E-state index contributed by atoms with van der Waals surface area (Å²) >= 11 is 1.43.